The summed E-state index contributed by atoms with van der Waals surface area (Å²) in [6.07, 6.45) is 10.9. The third kappa shape index (κ3) is 2.11. The van der Waals surface area contributed by atoms with Gasteiger partial charge in [-0.05, 0) is 64.4 Å². The lowest BCUT2D eigenvalue weighted by Gasteiger charge is -2.26. The van der Waals surface area contributed by atoms with Gasteiger partial charge in [-0.3, -0.25) is 0 Å². The molecule has 2 aliphatic rings. The van der Waals surface area contributed by atoms with E-state index < -0.39 is 0 Å². The summed E-state index contributed by atoms with van der Waals surface area (Å²) >= 11 is 0. The second-order valence-electron chi connectivity index (χ2n) is 6.33. The van der Waals surface area contributed by atoms with Gasteiger partial charge in [0.25, 0.3) is 0 Å². The van der Waals surface area contributed by atoms with Crippen molar-refractivity contribution in [2.24, 2.45) is 0 Å². The third-order valence-corrected chi connectivity index (χ3v) is 5.09. The van der Waals surface area contributed by atoms with Crippen molar-refractivity contribution in [3.63, 3.8) is 0 Å². The molecule has 1 atom stereocenters. The van der Waals surface area contributed by atoms with Crippen LogP contribution in [0.15, 0.2) is 24.3 Å². The molecule has 0 heterocycles. The first kappa shape index (κ1) is 13.1. The van der Waals surface area contributed by atoms with Gasteiger partial charge < -0.3 is 4.74 Å². The first-order valence-electron chi connectivity index (χ1n) is 8.12. The number of ether oxygens (including phenoxy) is 1. The molecule has 0 saturated carbocycles. The van der Waals surface area contributed by atoms with E-state index in [1.807, 2.05) is 7.11 Å². The summed E-state index contributed by atoms with van der Waals surface area (Å²) < 4.78 is 5.43. The van der Waals surface area contributed by atoms with Crippen molar-refractivity contribution in [2.75, 3.05) is 13.7 Å². The van der Waals surface area contributed by atoms with Crippen LogP contribution in [-0.2, 0) is 11.2 Å². The molecule has 4 rings (SSSR count). The predicted molar refractivity (Wildman–Crippen MR) is 88.9 cm³/mol. The minimum atomic E-state index is 0.578. The fourth-order valence-electron chi connectivity index (χ4n) is 4.11. The quantitative estimate of drug-likeness (QED) is 0.819. The normalized spacial score (nSPS) is 20.3. The lowest BCUT2D eigenvalue weighted by atomic mass is 9.80. The van der Waals surface area contributed by atoms with Crippen LogP contribution in [0.3, 0.4) is 0 Å². The van der Waals surface area contributed by atoms with Crippen molar-refractivity contribution in [1.29, 1.82) is 0 Å². The van der Waals surface area contributed by atoms with E-state index in [0.717, 1.165) is 6.61 Å². The highest BCUT2D eigenvalue weighted by molar-refractivity contribution is 5.88. The number of aryl methyl sites for hydroxylation is 1. The molecule has 1 nitrogen and oxygen atoms in total. The van der Waals surface area contributed by atoms with Crippen LogP contribution in [0.25, 0.3) is 22.9 Å². The van der Waals surface area contributed by atoms with Crippen molar-refractivity contribution in [2.45, 2.75) is 38.0 Å². The Balaban J connectivity index is 1.99. The third-order valence-electron chi connectivity index (χ3n) is 5.09. The monoisotopic (exact) mass is 278 g/mol. The average Bonchev–Trinajstić information content (AvgIpc) is 2.55. The van der Waals surface area contributed by atoms with Crippen molar-refractivity contribution in [3.05, 3.63) is 45.8 Å². The van der Waals surface area contributed by atoms with Crippen molar-refractivity contribution < 1.29 is 4.74 Å². The standard InChI is InChI=1S/C20H22O/c1-21-13-15-6-4-8-18-17(15)11-12-19-16-7-3-2-5-14(16)9-10-20(18)19/h5,7,9-12,15H,2-4,6,8,13H2,1H3. The molecule has 0 aromatic heterocycles. The topological polar surface area (TPSA) is 9.23 Å². The Hall–Kier alpha value is -1.60. The number of hydrogen-bond acceptors (Lipinski definition) is 1. The maximum Gasteiger partial charge on any atom is 0.0531 e. The molecule has 0 saturated heterocycles. The molecule has 0 aliphatic heterocycles. The zero-order valence-electron chi connectivity index (χ0n) is 12.7. The first-order chi connectivity index (χ1) is 10.4. The van der Waals surface area contributed by atoms with Gasteiger partial charge in [-0.1, -0.05) is 36.4 Å². The van der Waals surface area contributed by atoms with Gasteiger partial charge in [-0.15, -0.1) is 0 Å². The van der Waals surface area contributed by atoms with Gasteiger partial charge in [0, 0.05) is 13.0 Å². The van der Waals surface area contributed by atoms with Crippen LogP contribution in [0, 0.1) is 0 Å². The van der Waals surface area contributed by atoms with Gasteiger partial charge in [0.15, 0.2) is 0 Å². The van der Waals surface area contributed by atoms with E-state index in [4.69, 9.17) is 4.74 Å². The average molecular weight is 278 g/mol. The summed E-state index contributed by atoms with van der Waals surface area (Å²) in [5, 5.41) is 5.78. The number of methoxy groups -OCH3 is 1. The molecule has 0 amide bonds. The fraction of sp³-hybridized carbons (Fsp3) is 0.400. The number of fused-ring (bicyclic) bond motifs is 5. The molecule has 1 unspecified atom stereocenters. The van der Waals surface area contributed by atoms with Crippen LogP contribution in [0.1, 0.15) is 42.7 Å². The molecule has 1 heteroatoms. The van der Waals surface area contributed by atoms with Gasteiger partial charge in [-0.2, -0.15) is 0 Å². The minimum Gasteiger partial charge on any atom is -0.384 e. The minimum absolute atomic E-state index is 0.578. The van der Waals surface area contributed by atoms with Crippen LogP contribution in [0.2, 0.25) is 0 Å². The summed E-state index contributed by atoms with van der Waals surface area (Å²) in [6.45, 7) is 0.851. The zero-order chi connectivity index (χ0) is 14.2. The number of benzene rings is 2. The Bertz CT molecular complexity index is 801. The predicted octanol–water partition coefficient (Wildman–Crippen LogP) is 3.26. The Kier molecular flexibility index (Phi) is 3.31. The molecule has 0 N–H and O–H groups in total. The molecule has 0 radical (unpaired) electrons. The number of hydrogen-bond donors (Lipinski definition) is 0. The van der Waals surface area contributed by atoms with Gasteiger partial charge in [-0.25, -0.2) is 0 Å². The zero-order valence-corrected chi connectivity index (χ0v) is 12.7. The smallest absolute Gasteiger partial charge is 0.0531 e. The van der Waals surface area contributed by atoms with Crippen LogP contribution in [0.5, 0.6) is 0 Å². The van der Waals surface area contributed by atoms with Crippen molar-refractivity contribution >= 4 is 22.9 Å². The summed E-state index contributed by atoms with van der Waals surface area (Å²) in [4.78, 5) is 0. The highest BCUT2D eigenvalue weighted by Gasteiger charge is 2.21. The molecule has 0 bridgehead atoms. The summed E-state index contributed by atoms with van der Waals surface area (Å²) in [5.74, 6) is 0.578. The summed E-state index contributed by atoms with van der Waals surface area (Å²) in [5.41, 5.74) is 3.10. The Labute approximate surface area is 125 Å². The van der Waals surface area contributed by atoms with Crippen LogP contribution in [-0.4, -0.2) is 13.7 Å². The maximum absolute atomic E-state index is 5.43. The molecular formula is C20H22O. The van der Waals surface area contributed by atoms with Gasteiger partial charge >= 0.3 is 0 Å². The van der Waals surface area contributed by atoms with Crippen LogP contribution in [0.4, 0.5) is 0 Å². The second-order valence-corrected chi connectivity index (χ2v) is 6.33. The van der Waals surface area contributed by atoms with E-state index >= 15 is 0 Å². The van der Waals surface area contributed by atoms with Crippen LogP contribution < -0.4 is 10.4 Å². The molecule has 108 valence electrons. The summed E-state index contributed by atoms with van der Waals surface area (Å²) in [7, 11) is 1.82. The molecule has 2 aliphatic carbocycles. The van der Waals surface area contributed by atoms with Gasteiger partial charge in [0.2, 0.25) is 0 Å². The van der Waals surface area contributed by atoms with E-state index in [-0.39, 0.29) is 0 Å². The second kappa shape index (κ2) is 5.31. The van der Waals surface area contributed by atoms with E-state index in [0.29, 0.717) is 5.92 Å². The molecule has 2 aromatic carbocycles. The van der Waals surface area contributed by atoms with E-state index in [1.54, 1.807) is 5.56 Å². The highest BCUT2D eigenvalue weighted by Crippen LogP contribution is 2.35. The van der Waals surface area contributed by atoms with Crippen molar-refractivity contribution in [1.82, 2.24) is 0 Å². The largest absolute Gasteiger partial charge is 0.384 e. The van der Waals surface area contributed by atoms with Crippen LogP contribution >= 0.6 is 0 Å². The Morgan fingerprint density at radius 2 is 1.90 bits per heavy atom. The maximum atomic E-state index is 5.43. The first-order valence-corrected chi connectivity index (χ1v) is 8.12. The van der Waals surface area contributed by atoms with Crippen molar-refractivity contribution in [3.8, 4) is 0 Å². The summed E-state index contributed by atoms with van der Waals surface area (Å²) in [6, 6.07) is 9.37. The van der Waals surface area contributed by atoms with Gasteiger partial charge in [0.1, 0.15) is 0 Å². The lowest BCUT2D eigenvalue weighted by Crippen LogP contribution is -2.27. The highest BCUT2D eigenvalue weighted by atomic mass is 16.5. The number of rotatable bonds is 2. The molecule has 0 spiro atoms. The molecule has 21 heavy (non-hydrogen) atoms. The molecule has 0 fully saturated rings. The van der Waals surface area contributed by atoms with E-state index in [9.17, 15) is 0 Å². The Morgan fingerprint density at radius 3 is 2.81 bits per heavy atom. The molecule has 2 aromatic rings. The van der Waals surface area contributed by atoms with E-state index in [2.05, 4.69) is 36.4 Å². The Morgan fingerprint density at radius 1 is 1.05 bits per heavy atom. The fourth-order valence-corrected chi connectivity index (χ4v) is 4.11. The van der Waals surface area contributed by atoms with E-state index in [1.165, 1.54) is 58.9 Å². The lowest BCUT2D eigenvalue weighted by molar-refractivity contribution is 0.172. The SMILES string of the molecule is COCC1CCCc2c1ccc1c3c(ccc21)=CCCC=3. The molecular weight excluding hydrogens is 256 g/mol. The van der Waals surface area contributed by atoms with Gasteiger partial charge in [0.05, 0.1) is 6.61 Å².